The fourth-order valence-electron chi connectivity index (χ4n) is 6.76. The maximum atomic E-state index is 14.4. The smallest absolute Gasteiger partial charge is 0.408 e. The molecule has 0 aromatic heterocycles. The van der Waals surface area contributed by atoms with Crippen LogP contribution in [0.1, 0.15) is 111 Å². The standard InChI is InChI=1S/C40H62N6O9/c1-9-26-23-29-34(49)42-28(32(48)35(50)41-24-30(47)43-31(36(51)45(7)8)27-19-15-14-16-20-27)21-17-12-10-11-13-18-22-54-40(5,6)33(37(52)46(29)25-26)44-38(53)55-39(2,3)4/h14-16,19-20,26,28-29,31,33H,9-13,17-18,21-25H2,1-8H3,(H,41,50)(H,42,49)(H,43,47)(H,44,53)/t26?,28-,29-,31-,33+/m0/s1. The first kappa shape index (κ1) is 44.9. The Hall–Kier alpha value is -4.53. The molecule has 2 heterocycles. The van der Waals surface area contributed by atoms with Gasteiger partial charge in [0.05, 0.1) is 18.2 Å². The third-order valence-electron chi connectivity index (χ3n) is 9.91. The summed E-state index contributed by atoms with van der Waals surface area (Å²) >= 11 is 0. The van der Waals surface area contributed by atoms with Crippen LogP contribution >= 0.6 is 0 Å². The van der Waals surface area contributed by atoms with Gasteiger partial charge in [-0.05, 0) is 65.4 Å². The van der Waals surface area contributed by atoms with E-state index in [0.717, 1.165) is 32.1 Å². The van der Waals surface area contributed by atoms with Crippen LogP contribution in [0.25, 0.3) is 0 Å². The largest absolute Gasteiger partial charge is 0.444 e. The van der Waals surface area contributed by atoms with Crippen molar-refractivity contribution < 1.29 is 43.0 Å². The number of ether oxygens (including phenoxy) is 2. The molecule has 2 aliphatic rings. The minimum Gasteiger partial charge on any atom is -0.444 e. The third-order valence-corrected chi connectivity index (χ3v) is 9.91. The third kappa shape index (κ3) is 13.6. The number of hydrogen-bond acceptors (Lipinski definition) is 9. The molecule has 0 radical (unpaired) electrons. The molecule has 3 rings (SSSR count). The van der Waals surface area contributed by atoms with Crippen LogP contribution in [0.5, 0.6) is 0 Å². The van der Waals surface area contributed by atoms with E-state index >= 15 is 0 Å². The maximum Gasteiger partial charge on any atom is 0.408 e. The second-order valence-electron chi connectivity index (χ2n) is 16.2. The van der Waals surface area contributed by atoms with Crippen LogP contribution < -0.4 is 21.3 Å². The Bertz CT molecular complexity index is 1510. The summed E-state index contributed by atoms with van der Waals surface area (Å²) in [6, 6.07) is 4.24. The lowest BCUT2D eigenvalue weighted by Gasteiger charge is -2.38. The Morgan fingerprint density at radius 1 is 1.00 bits per heavy atom. The van der Waals surface area contributed by atoms with Crippen molar-refractivity contribution in [3.8, 4) is 0 Å². The fraction of sp³-hybridized carbons (Fsp3) is 0.675. The normalized spacial score (nSPS) is 23.2. The van der Waals surface area contributed by atoms with Gasteiger partial charge in [-0.25, -0.2) is 4.79 Å². The first-order chi connectivity index (χ1) is 25.8. The first-order valence-electron chi connectivity index (χ1n) is 19.5. The predicted molar refractivity (Wildman–Crippen MR) is 205 cm³/mol. The average Bonchev–Trinajstić information content (AvgIpc) is 3.57. The lowest BCUT2D eigenvalue weighted by atomic mass is 9.96. The zero-order valence-corrected chi connectivity index (χ0v) is 33.8. The molecule has 1 aromatic rings. The summed E-state index contributed by atoms with van der Waals surface area (Å²) in [5, 5.41) is 10.5. The lowest BCUT2D eigenvalue weighted by Crippen LogP contribution is -2.62. The van der Waals surface area contributed by atoms with Crippen LogP contribution in [0.4, 0.5) is 4.79 Å². The van der Waals surface area contributed by atoms with Gasteiger partial charge in [0, 0.05) is 27.2 Å². The highest BCUT2D eigenvalue weighted by Gasteiger charge is 2.47. The topological polar surface area (TPSA) is 193 Å². The number of rotatable bonds is 9. The van der Waals surface area contributed by atoms with Crippen molar-refractivity contribution in [3.05, 3.63) is 35.9 Å². The number of Topliss-reactive ketones (excluding diaryl/α,β-unsaturated/α-hetero) is 1. The molecular formula is C40H62N6O9. The minimum absolute atomic E-state index is 0.0356. The number of amides is 6. The monoisotopic (exact) mass is 770 g/mol. The number of fused-ring (bicyclic) bond motifs is 1. The van der Waals surface area contributed by atoms with E-state index in [0.29, 0.717) is 31.4 Å². The Morgan fingerprint density at radius 3 is 2.25 bits per heavy atom. The summed E-state index contributed by atoms with van der Waals surface area (Å²) in [5.74, 6) is -4.21. The summed E-state index contributed by atoms with van der Waals surface area (Å²) in [7, 11) is 3.13. The van der Waals surface area contributed by atoms with Crippen LogP contribution in [-0.2, 0) is 38.2 Å². The Balaban J connectivity index is 1.83. The van der Waals surface area contributed by atoms with Crippen molar-refractivity contribution in [1.82, 2.24) is 31.1 Å². The van der Waals surface area contributed by atoms with Gasteiger partial charge in [-0.15, -0.1) is 0 Å². The molecule has 55 heavy (non-hydrogen) atoms. The molecule has 15 nitrogen and oxygen atoms in total. The first-order valence-corrected chi connectivity index (χ1v) is 19.5. The second-order valence-corrected chi connectivity index (χ2v) is 16.2. The molecule has 0 aliphatic carbocycles. The van der Waals surface area contributed by atoms with E-state index in [9.17, 15) is 33.6 Å². The molecule has 306 valence electrons. The Labute approximate surface area is 325 Å². The molecule has 2 saturated heterocycles. The van der Waals surface area contributed by atoms with Gasteiger partial charge in [0.2, 0.25) is 29.4 Å². The van der Waals surface area contributed by atoms with Crippen LogP contribution in [-0.4, -0.2) is 114 Å². The molecular weight excluding hydrogens is 708 g/mol. The number of carbonyl (C=O) groups excluding carboxylic acids is 7. The van der Waals surface area contributed by atoms with Crippen LogP contribution in [0.3, 0.4) is 0 Å². The van der Waals surface area contributed by atoms with Gasteiger partial charge in [0.15, 0.2) is 0 Å². The quantitative estimate of drug-likeness (QED) is 0.273. The highest BCUT2D eigenvalue weighted by Crippen LogP contribution is 2.30. The van der Waals surface area contributed by atoms with Gasteiger partial charge in [-0.3, -0.25) is 28.8 Å². The summed E-state index contributed by atoms with van der Waals surface area (Å²) < 4.78 is 11.7. The minimum atomic E-state index is -1.22. The molecule has 2 fully saturated rings. The lowest BCUT2D eigenvalue weighted by molar-refractivity contribution is -0.148. The molecule has 0 saturated carbocycles. The van der Waals surface area contributed by atoms with E-state index < -0.39 is 77.4 Å². The van der Waals surface area contributed by atoms with Crippen LogP contribution in [0.2, 0.25) is 0 Å². The summed E-state index contributed by atoms with van der Waals surface area (Å²) in [4.78, 5) is 97.0. The summed E-state index contributed by atoms with van der Waals surface area (Å²) in [6.45, 7) is 10.6. The highest BCUT2D eigenvalue weighted by molar-refractivity contribution is 6.38. The van der Waals surface area contributed by atoms with Gasteiger partial charge in [0.25, 0.3) is 5.91 Å². The van der Waals surface area contributed by atoms with E-state index in [2.05, 4.69) is 21.3 Å². The number of alkyl carbamates (subject to hydrolysis) is 1. The van der Waals surface area contributed by atoms with Crippen LogP contribution in [0, 0.1) is 5.92 Å². The Kier molecular flexibility index (Phi) is 16.6. The average molecular weight is 771 g/mol. The van der Waals surface area contributed by atoms with Gasteiger partial charge < -0.3 is 40.5 Å². The SMILES string of the molecule is CCC1C[C@H]2C(=O)N[C@H](C(=O)C(=O)NCC(=O)N[C@H](C(=O)N(C)C)c3ccccc3)CCCCCCCCOC(C)(C)[C@H](NC(=O)OC(C)(C)C)C(=O)N2C1. The maximum absolute atomic E-state index is 14.4. The van der Waals surface area contributed by atoms with E-state index in [1.54, 1.807) is 79.0 Å². The van der Waals surface area contributed by atoms with Crippen molar-refractivity contribution in [2.24, 2.45) is 5.92 Å². The van der Waals surface area contributed by atoms with Gasteiger partial charge in [-0.2, -0.15) is 0 Å². The van der Waals surface area contributed by atoms with Crippen molar-refractivity contribution in [1.29, 1.82) is 0 Å². The molecule has 0 bridgehead atoms. The number of hydrogen-bond donors (Lipinski definition) is 4. The van der Waals surface area contributed by atoms with E-state index in [1.165, 1.54) is 9.80 Å². The number of likely N-dealkylation sites (N-methyl/N-ethyl adjacent to an activating group) is 1. The fourth-order valence-corrected chi connectivity index (χ4v) is 6.76. The molecule has 6 amide bonds. The molecule has 5 atom stereocenters. The van der Waals surface area contributed by atoms with Crippen molar-refractivity contribution in [3.63, 3.8) is 0 Å². The van der Waals surface area contributed by atoms with Gasteiger partial charge in [0.1, 0.15) is 23.7 Å². The van der Waals surface area contributed by atoms with Crippen LogP contribution in [0.15, 0.2) is 30.3 Å². The summed E-state index contributed by atoms with van der Waals surface area (Å²) in [5.41, 5.74) is -1.45. The summed E-state index contributed by atoms with van der Waals surface area (Å²) in [6.07, 6.45) is 5.00. The molecule has 1 aromatic carbocycles. The number of nitrogens with zero attached hydrogens (tertiary/aromatic N) is 2. The number of nitrogens with one attached hydrogen (secondary N) is 4. The number of benzene rings is 1. The van der Waals surface area contributed by atoms with Crippen molar-refractivity contribution in [2.75, 3.05) is 33.8 Å². The van der Waals surface area contributed by atoms with Crippen molar-refractivity contribution in [2.45, 2.75) is 135 Å². The van der Waals surface area contributed by atoms with Gasteiger partial charge >= 0.3 is 6.09 Å². The molecule has 2 aliphatic heterocycles. The van der Waals surface area contributed by atoms with Gasteiger partial charge in [-0.1, -0.05) is 75.8 Å². The molecule has 15 heteroatoms. The zero-order valence-electron chi connectivity index (χ0n) is 33.8. The number of carbonyl (C=O) groups is 7. The second kappa shape index (κ2) is 20.4. The molecule has 0 spiro atoms. The van der Waals surface area contributed by atoms with E-state index in [4.69, 9.17) is 9.47 Å². The van der Waals surface area contributed by atoms with Crippen molar-refractivity contribution >= 4 is 41.4 Å². The highest BCUT2D eigenvalue weighted by atomic mass is 16.6. The van der Waals surface area contributed by atoms with E-state index in [-0.39, 0.29) is 24.8 Å². The predicted octanol–water partition coefficient (Wildman–Crippen LogP) is 3.16. The number of ketones is 1. The molecule has 4 N–H and O–H groups in total. The Morgan fingerprint density at radius 2 is 1.64 bits per heavy atom. The zero-order chi connectivity index (χ0) is 40.9. The van der Waals surface area contributed by atoms with E-state index in [1.807, 2.05) is 6.92 Å². The molecule has 1 unspecified atom stereocenters.